The molecule has 1 atom stereocenters. The van der Waals surface area contributed by atoms with Crippen LogP contribution in [0.4, 0.5) is 0 Å². The standard InChI is InChI=1S/C4H6O5/c1-2(5)9-4(8)3(6)7/h2,5H,1H3,(H,6,7). The fourth-order valence-corrected chi connectivity index (χ4v) is 0.205. The molecule has 0 rings (SSSR count). The molecule has 0 aromatic heterocycles. The summed E-state index contributed by atoms with van der Waals surface area (Å²) in [6, 6.07) is 0. The van der Waals surface area contributed by atoms with Gasteiger partial charge in [0.1, 0.15) is 0 Å². The van der Waals surface area contributed by atoms with E-state index < -0.39 is 18.2 Å². The molecule has 0 amide bonds. The molecule has 1 unspecified atom stereocenters. The highest BCUT2D eigenvalue weighted by Gasteiger charge is 2.14. The van der Waals surface area contributed by atoms with Gasteiger partial charge < -0.3 is 14.9 Å². The molecule has 2 N–H and O–H groups in total. The lowest BCUT2D eigenvalue weighted by atomic mass is 10.7. The predicted octanol–water partition coefficient (Wildman–Crippen LogP) is -1.05. The summed E-state index contributed by atoms with van der Waals surface area (Å²) in [5, 5.41) is 16.1. The molecule has 0 bridgehead atoms. The fourth-order valence-electron chi connectivity index (χ4n) is 0.205. The van der Waals surface area contributed by atoms with Crippen LogP contribution in [0.25, 0.3) is 0 Å². The maximum atomic E-state index is 9.97. The van der Waals surface area contributed by atoms with Gasteiger partial charge in [-0.3, -0.25) is 0 Å². The molecule has 0 spiro atoms. The fraction of sp³-hybridized carbons (Fsp3) is 0.500. The molecule has 0 saturated heterocycles. The van der Waals surface area contributed by atoms with Gasteiger partial charge in [-0.1, -0.05) is 0 Å². The first kappa shape index (κ1) is 7.90. The van der Waals surface area contributed by atoms with Gasteiger partial charge in [-0.05, 0) is 6.92 Å². The minimum absolute atomic E-state index is 1.14. The minimum atomic E-state index is -1.71. The number of aliphatic hydroxyl groups is 1. The van der Waals surface area contributed by atoms with Gasteiger partial charge in [-0.15, -0.1) is 0 Å². The molecule has 0 heterocycles. The number of ether oxygens (including phenoxy) is 1. The van der Waals surface area contributed by atoms with E-state index in [1.54, 1.807) is 0 Å². The quantitative estimate of drug-likeness (QED) is 0.271. The number of carbonyl (C=O) groups is 2. The smallest absolute Gasteiger partial charge is 0.419 e. The maximum Gasteiger partial charge on any atom is 0.419 e. The van der Waals surface area contributed by atoms with Crippen molar-refractivity contribution in [1.29, 1.82) is 0 Å². The number of hydrogen-bond acceptors (Lipinski definition) is 4. The highest BCUT2D eigenvalue weighted by atomic mass is 16.6. The number of aliphatic hydroxyl groups excluding tert-OH is 1. The Labute approximate surface area is 50.9 Å². The first-order valence-electron chi connectivity index (χ1n) is 2.16. The zero-order valence-corrected chi connectivity index (χ0v) is 4.70. The lowest BCUT2D eigenvalue weighted by Crippen LogP contribution is -2.21. The Morgan fingerprint density at radius 2 is 2.00 bits per heavy atom. The van der Waals surface area contributed by atoms with Crippen molar-refractivity contribution >= 4 is 11.9 Å². The Kier molecular flexibility index (Phi) is 2.66. The number of aliphatic carboxylic acids is 1. The van der Waals surface area contributed by atoms with Gasteiger partial charge in [0.25, 0.3) is 0 Å². The van der Waals surface area contributed by atoms with E-state index in [-0.39, 0.29) is 0 Å². The summed E-state index contributed by atoms with van der Waals surface area (Å²) >= 11 is 0. The predicted molar refractivity (Wildman–Crippen MR) is 25.4 cm³/mol. The lowest BCUT2D eigenvalue weighted by molar-refractivity contribution is -0.178. The highest BCUT2D eigenvalue weighted by molar-refractivity contribution is 6.28. The number of carbonyl (C=O) groups excluding carboxylic acids is 1. The van der Waals surface area contributed by atoms with Crippen LogP contribution in [0.3, 0.4) is 0 Å². The lowest BCUT2D eigenvalue weighted by Gasteiger charge is -2.01. The molecular weight excluding hydrogens is 128 g/mol. The average molecular weight is 134 g/mol. The number of carboxylic acids is 1. The van der Waals surface area contributed by atoms with Crippen LogP contribution in [0.2, 0.25) is 0 Å². The Hall–Kier alpha value is -1.10. The van der Waals surface area contributed by atoms with Crippen LogP contribution in [0.5, 0.6) is 0 Å². The summed E-state index contributed by atoms with van der Waals surface area (Å²) in [6.07, 6.45) is -1.37. The minimum Gasteiger partial charge on any atom is -0.473 e. The van der Waals surface area contributed by atoms with Crippen molar-refractivity contribution in [2.45, 2.75) is 13.2 Å². The molecule has 0 aliphatic carbocycles. The molecule has 0 aromatic carbocycles. The van der Waals surface area contributed by atoms with Crippen molar-refractivity contribution in [3.05, 3.63) is 0 Å². The Morgan fingerprint density at radius 3 is 2.11 bits per heavy atom. The Bertz CT molecular complexity index is 127. The topological polar surface area (TPSA) is 83.8 Å². The normalized spacial score (nSPS) is 12.2. The van der Waals surface area contributed by atoms with E-state index in [4.69, 9.17) is 10.2 Å². The first-order chi connectivity index (χ1) is 4.04. The Morgan fingerprint density at radius 1 is 1.56 bits per heavy atom. The molecule has 5 heteroatoms. The van der Waals surface area contributed by atoms with Crippen molar-refractivity contribution in [2.24, 2.45) is 0 Å². The molecular formula is C4H6O5. The summed E-state index contributed by atoms with van der Waals surface area (Å²) in [4.78, 5) is 19.6. The van der Waals surface area contributed by atoms with Crippen LogP contribution < -0.4 is 0 Å². The van der Waals surface area contributed by atoms with Crippen molar-refractivity contribution in [1.82, 2.24) is 0 Å². The van der Waals surface area contributed by atoms with E-state index in [0.717, 1.165) is 6.92 Å². The zero-order valence-electron chi connectivity index (χ0n) is 4.70. The molecule has 0 aliphatic rings. The van der Waals surface area contributed by atoms with Crippen molar-refractivity contribution in [2.75, 3.05) is 0 Å². The number of rotatable bonds is 1. The summed E-state index contributed by atoms with van der Waals surface area (Å²) in [6.45, 7) is 1.14. The molecule has 0 fully saturated rings. The number of hydrogen-bond donors (Lipinski definition) is 2. The molecule has 0 saturated carbocycles. The average Bonchev–Trinajstić information content (AvgIpc) is 1.63. The highest BCUT2D eigenvalue weighted by Crippen LogP contribution is 1.84. The van der Waals surface area contributed by atoms with Crippen LogP contribution in [0.1, 0.15) is 6.92 Å². The van der Waals surface area contributed by atoms with E-state index in [2.05, 4.69) is 4.74 Å². The molecule has 0 aromatic rings. The molecule has 5 nitrogen and oxygen atoms in total. The molecule has 0 radical (unpaired) electrons. The van der Waals surface area contributed by atoms with Gasteiger partial charge in [0.05, 0.1) is 0 Å². The monoisotopic (exact) mass is 134 g/mol. The van der Waals surface area contributed by atoms with E-state index in [0.29, 0.717) is 0 Å². The van der Waals surface area contributed by atoms with E-state index in [9.17, 15) is 9.59 Å². The zero-order chi connectivity index (χ0) is 7.44. The van der Waals surface area contributed by atoms with Crippen LogP contribution in [0.15, 0.2) is 0 Å². The number of esters is 1. The van der Waals surface area contributed by atoms with Crippen LogP contribution >= 0.6 is 0 Å². The van der Waals surface area contributed by atoms with Gasteiger partial charge in [0.2, 0.25) is 0 Å². The van der Waals surface area contributed by atoms with Gasteiger partial charge >= 0.3 is 11.9 Å². The van der Waals surface area contributed by atoms with Crippen LogP contribution in [0, 0.1) is 0 Å². The summed E-state index contributed by atoms with van der Waals surface area (Å²) in [5.74, 6) is -3.17. The van der Waals surface area contributed by atoms with Gasteiger partial charge in [-0.2, -0.15) is 0 Å². The van der Waals surface area contributed by atoms with Crippen molar-refractivity contribution < 1.29 is 24.5 Å². The summed E-state index contributed by atoms with van der Waals surface area (Å²) < 4.78 is 3.83. The van der Waals surface area contributed by atoms with Crippen LogP contribution in [-0.4, -0.2) is 28.4 Å². The first-order valence-corrected chi connectivity index (χ1v) is 2.16. The molecule has 52 valence electrons. The molecule has 0 aliphatic heterocycles. The second kappa shape index (κ2) is 3.03. The maximum absolute atomic E-state index is 9.97. The van der Waals surface area contributed by atoms with Crippen molar-refractivity contribution in [3.8, 4) is 0 Å². The third-order valence-electron chi connectivity index (χ3n) is 0.452. The second-order valence-electron chi connectivity index (χ2n) is 1.31. The Balaban J connectivity index is 3.65. The summed E-state index contributed by atoms with van der Waals surface area (Å²) in [7, 11) is 0. The van der Waals surface area contributed by atoms with Gasteiger partial charge in [0.15, 0.2) is 6.29 Å². The second-order valence-corrected chi connectivity index (χ2v) is 1.31. The van der Waals surface area contributed by atoms with E-state index in [1.165, 1.54) is 0 Å². The van der Waals surface area contributed by atoms with Gasteiger partial charge in [0, 0.05) is 0 Å². The van der Waals surface area contributed by atoms with Gasteiger partial charge in [-0.25, -0.2) is 9.59 Å². The summed E-state index contributed by atoms with van der Waals surface area (Å²) in [5.41, 5.74) is 0. The van der Waals surface area contributed by atoms with E-state index >= 15 is 0 Å². The van der Waals surface area contributed by atoms with Crippen LogP contribution in [-0.2, 0) is 14.3 Å². The SMILES string of the molecule is CC(O)OC(=O)C(=O)O. The third kappa shape index (κ3) is 3.48. The third-order valence-corrected chi connectivity index (χ3v) is 0.452. The largest absolute Gasteiger partial charge is 0.473 e. The number of carboxylic acid groups (broad SMARTS) is 1. The molecule has 9 heavy (non-hydrogen) atoms. The van der Waals surface area contributed by atoms with E-state index in [1.807, 2.05) is 0 Å². The van der Waals surface area contributed by atoms with Crippen molar-refractivity contribution in [3.63, 3.8) is 0 Å².